The highest BCUT2D eigenvalue weighted by Gasteiger charge is 2.37. The molecule has 0 saturated carbocycles. The molecule has 0 saturated heterocycles. The molecule has 4 atom stereocenters. The molecular weight excluding hydrogens is 602 g/mol. The number of ketones is 1. The van der Waals surface area contributed by atoms with E-state index in [4.69, 9.17) is 28.7 Å². The topological polar surface area (TPSA) is 75.6 Å². The molecule has 0 N–H and O–H groups in total. The monoisotopic (exact) mass is 665 g/mol. The maximum Gasteiger partial charge on any atom is 0.203 e. The minimum absolute atomic E-state index is 0.138. The Morgan fingerprint density at radius 1 is 0.667 bits per heavy atom. The fourth-order valence-electron chi connectivity index (χ4n) is 6.25. The highest BCUT2D eigenvalue weighted by molar-refractivity contribution is 6.26. The first-order valence-electron chi connectivity index (χ1n) is 18.8. The lowest BCUT2D eigenvalue weighted by Crippen LogP contribution is -2.38. The third-order valence-corrected chi connectivity index (χ3v) is 9.80. The van der Waals surface area contributed by atoms with Gasteiger partial charge in [0.05, 0.1) is 51.0 Å². The number of carbonyl (C=O) groups is 1. The molecule has 1 heterocycles. The van der Waals surface area contributed by atoms with Gasteiger partial charge in [0.15, 0.2) is 17.6 Å². The quantitative estimate of drug-likeness (QED) is 0.111. The Hall–Kier alpha value is -3.06. The van der Waals surface area contributed by atoms with Crippen LogP contribution in [0.15, 0.2) is 35.3 Å². The van der Waals surface area contributed by atoms with Crippen LogP contribution in [-0.2, 0) is 4.74 Å². The molecule has 0 aliphatic carbocycles. The maximum absolute atomic E-state index is 14.6. The number of ether oxygens (including phenoxy) is 5. The van der Waals surface area contributed by atoms with E-state index in [0.717, 1.165) is 69.8 Å². The summed E-state index contributed by atoms with van der Waals surface area (Å²) in [6, 6.07) is 9.44. The van der Waals surface area contributed by atoms with E-state index >= 15 is 0 Å². The number of hydrogen-bond acceptors (Lipinski definition) is 7. The molecule has 2 aromatic carbocycles. The van der Waals surface area contributed by atoms with E-state index in [2.05, 4.69) is 41.5 Å². The van der Waals surface area contributed by atoms with E-state index in [-0.39, 0.29) is 5.78 Å². The zero-order valence-corrected chi connectivity index (χ0v) is 31.2. The molecule has 0 fully saturated rings. The molecule has 0 amide bonds. The number of unbranched alkanes of at least 4 members (excludes halogenated alkanes) is 3. The van der Waals surface area contributed by atoms with Gasteiger partial charge in [-0.15, -0.1) is 0 Å². The Balaban J connectivity index is 2.04. The van der Waals surface area contributed by atoms with Crippen LogP contribution >= 0.6 is 0 Å². The van der Waals surface area contributed by atoms with Crippen LogP contribution < -0.4 is 18.9 Å². The third-order valence-electron chi connectivity index (χ3n) is 9.80. The van der Waals surface area contributed by atoms with Gasteiger partial charge in [0.2, 0.25) is 5.78 Å². The van der Waals surface area contributed by atoms with Crippen LogP contribution in [0.2, 0.25) is 0 Å². The standard InChI is InChI=1S/C41H63NO6/c1-9-15-18-29(12-4)26-46-35-22-21-32(23-36(35)45-8)39-41(48-28-31(14-6)20-17-11-3)40(43)38-34(42-39)24-33(44-7)25-37(38)47-27-30(13-5)19-16-10-2/h21-25,29-31,41H,9-20,26-28H2,1-8H3. The largest absolute Gasteiger partial charge is 0.497 e. The second-order valence-electron chi connectivity index (χ2n) is 13.3. The van der Waals surface area contributed by atoms with Gasteiger partial charge in [-0.3, -0.25) is 4.79 Å². The number of hydrogen-bond donors (Lipinski definition) is 0. The maximum atomic E-state index is 14.6. The molecule has 0 bridgehead atoms. The van der Waals surface area contributed by atoms with Crippen molar-refractivity contribution in [2.75, 3.05) is 34.0 Å². The SMILES string of the molecule is CCCCC(CC)COc1ccc(C2=Nc3cc(OC)cc(OCC(CC)CCCC)c3C(=O)C2OCC(CC)CCCC)cc1OC. The van der Waals surface area contributed by atoms with Crippen LogP contribution in [0.4, 0.5) is 5.69 Å². The molecule has 0 spiro atoms. The summed E-state index contributed by atoms with van der Waals surface area (Å²) >= 11 is 0. The van der Waals surface area contributed by atoms with Crippen molar-refractivity contribution in [3.05, 3.63) is 41.5 Å². The van der Waals surface area contributed by atoms with Crippen molar-refractivity contribution in [3.8, 4) is 23.0 Å². The summed E-state index contributed by atoms with van der Waals surface area (Å²) in [4.78, 5) is 19.7. The van der Waals surface area contributed by atoms with E-state index in [9.17, 15) is 4.79 Å². The molecule has 7 heteroatoms. The van der Waals surface area contributed by atoms with Crippen LogP contribution in [0.1, 0.15) is 135 Å². The first kappa shape index (κ1) is 39.4. The van der Waals surface area contributed by atoms with Crippen LogP contribution in [0.3, 0.4) is 0 Å². The first-order valence-corrected chi connectivity index (χ1v) is 18.8. The molecule has 0 radical (unpaired) electrons. The molecule has 4 unspecified atom stereocenters. The van der Waals surface area contributed by atoms with Crippen molar-refractivity contribution in [2.45, 2.75) is 125 Å². The Morgan fingerprint density at radius 2 is 1.23 bits per heavy atom. The van der Waals surface area contributed by atoms with Crippen molar-refractivity contribution < 1.29 is 28.5 Å². The number of carbonyl (C=O) groups excluding carboxylic acids is 1. The van der Waals surface area contributed by atoms with E-state index in [1.165, 1.54) is 12.8 Å². The molecule has 2 aromatic rings. The fourth-order valence-corrected chi connectivity index (χ4v) is 6.25. The lowest BCUT2D eigenvalue weighted by Gasteiger charge is -2.28. The van der Waals surface area contributed by atoms with Gasteiger partial charge in [-0.1, -0.05) is 99.3 Å². The smallest absolute Gasteiger partial charge is 0.203 e. The molecule has 48 heavy (non-hydrogen) atoms. The number of nitrogens with zero attached hydrogens (tertiary/aromatic N) is 1. The van der Waals surface area contributed by atoms with Gasteiger partial charge in [0, 0.05) is 17.7 Å². The predicted octanol–water partition coefficient (Wildman–Crippen LogP) is 10.8. The number of fused-ring (bicyclic) bond motifs is 1. The van der Waals surface area contributed by atoms with Crippen LogP contribution in [0, 0.1) is 17.8 Å². The summed E-state index contributed by atoms with van der Waals surface area (Å²) in [5, 5.41) is 0. The Kier molecular flexibility index (Phi) is 17.3. The Morgan fingerprint density at radius 3 is 1.75 bits per heavy atom. The van der Waals surface area contributed by atoms with Gasteiger partial charge in [-0.25, -0.2) is 4.99 Å². The lowest BCUT2D eigenvalue weighted by molar-refractivity contribution is 0.0479. The molecular formula is C41H63NO6. The number of benzene rings is 2. The van der Waals surface area contributed by atoms with E-state index < -0.39 is 6.10 Å². The van der Waals surface area contributed by atoms with Gasteiger partial charge in [0.25, 0.3) is 0 Å². The van der Waals surface area contributed by atoms with E-state index in [1.54, 1.807) is 14.2 Å². The van der Waals surface area contributed by atoms with Gasteiger partial charge >= 0.3 is 0 Å². The fraction of sp³-hybridized carbons (Fsp3) is 0.659. The predicted molar refractivity (Wildman–Crippen MR) is 197 cm³/mol. The van der Waals surface area contributed by atoms with E-state index in [0.29, 0.717) is 77.5 Å². The summed E-state index contributed by atoms with van der Waals surface area (Å²) in [6.45, 7) is 14.9. The lowest BCUT2D eigenvalue weighted by atomic mass is 9.91. The summed E-state index contributed by atoms with van der Waals surface area (Å²) in [7, 11) is 3.27. The minimum atomic E-state index is -0.874. The zero-order valence-electron chi connectivity index (χ0n) is 31.2. The normalized spacial score (nSPS) is 16.1. The minimum Gasteiger partial charge on any atom is -0.497 e. The third kappa shape index (κ3) is 11.0. The average Bonchev–Trinajstić information content (AvgIpc) is 3.11. The summed E-state index contributed by atoms with van der Waals surface area (Å²) in [5.74, 6) is 3.53. The molecule has 268 valence electrons. The Bertz CT molecular complexity index is 1290. The van der Waals surface area contributed by atoms with Gasteiger partial charge < -0.3 is 23.7 Å². The van der Waals surface area contributed by atoms with Crippen molar-refractivity contribution in [3.63, 3.8) is 0 Å². The Labute approximate surface area is 291 Å². The second kappa shape index (κ2) is 21.1. The summed E-state index contributed by atoms with van der Waals surface area (Å²) in [6.07, 6.45) is 12.4. The van der Waals surface area contributed by atoms with Crippen LogP contribution in [-0.4, -0.2) is 51.6 Å². The molecule has 3 rings (SSSR count). The molecule has 1 aliphatic heterocycles. The van der Waals surface area contributed by atoms with Gasteiger partial charge in [-0.2, -0.15) is 0 Å². The van der Waals surface area contributed by atoms with Crippen molar-refractivity contribution in [1.29, 1.82) is 0 Å². The van der Waals surface area contributed by atoms with Gasteiger partial charge in [0.1, 0.15) is 11.5 Å². The average molecular weight is 666 g/mol. The molecule has 0 aromatic heterocycles. The first-order chi connectivity index (χ1) is 23.4. The van der Waals surface area contributed by atoms with Crippen LogP contribution in [0.5, 0.6) is 23.0 Å². The summed E-state index contributed by atoms with van der Waals surface area (Å²) < 4.78 is 30.8. The molecule has 7 nitrogen and oxygen atoms in total. The van der Waals surface area contributed by atoms with E-state index in [1.807, 2.05) is 30.3 Å². The van der Waals surface area contributed by atoms with Crippen molar-refractivity contribution >= 4 is 17.2 Å². The highest BCUT2D eigenvalue weighted by Crippen LogP contribution is 2.41. The van der Waals surface area contributed by atoms with Crippen LogP contribution in [0.25, 0.3) is 0 Å². The zero-order chi connectivity index (χ0) is 34.9. The van der Waals surface area contributed by atoms with Gasteiger partial charge in [-0.05, 0) is 55.2 Å². The highest BCUT2D eigenvalue weighted by atomic mass is 16.5. The number of aliphatic imine (C=N–C) groups is 1. The number of rotatable bonds is 24. The number of Topliss-reactive ketones (excluding diaryl/α,β-unsaturated/α-hetero) is 1. The second-order valence-corrected chi connectivity index (χ2v) is 13.3. The number of methoxy groups -OCH3 is 2. The van der Waals surface area contributed by atoms with Crippen molar-refractivity contribution in [2.24, 2.45) is 22.7 Å². The van der Waals surface area contributed by atoms with Crippen molar-refractivity contribution in [1.82, 2.24) is 0 Å². The molecule has 1 aliphatic rings. The summed E-state index contributed by atoms with van der Waals surface area (Å²) in [5.41, 5.74) is 2.32.